The normalized spacial score (nSPS) is 12.5. The van der Waals surface area contributed by atoms with Gasteiger partial charge in [-0.15, -0.1) is 0 Å². The van der Waals surface area contributed by atoms with Crippen LogP contribution in [-0.4, -0.2) is 16.9 Å². The van der Waals surface area contributed by atoms with Crippen LogP contribution in [0.3, 0.4) is 0 Å². The molecule has 4 heteroatoms. The number of fused-ring (bicyclic) bond motifs is 1. The van der Waals surface area contributed by atoms with Gasteiger partial charge in [0.25, 0.3) is 0 Å². The molecular formula is C13H15N3O. The van der Waals surface area contributed by atoms with E-state index in [1.165, 1.54) is 0 Å². The Balaban J connectivity index is 2.21. The lowest BCUT2D eigenvalue weighted by molar-refractivity contribution is -0.119. The number of rotatable bonds is 4. The van der Waals surface area contributed by atoms with Gasteiger partial charge in [-0.2, -0.15) is 0 Å². The highest BCUT2D eigenvalue weighted by molar-refractivity contribution is 5.82. The van der Waals surface area contributed by atoms with Crippen LogP contribution in [0.1, 0.15) is 12.5 Å². The standard InChI is InChI=1S/C13H15N3O/c1-9(13(14)17)16-8-10-6-7-15-12-5-3-2-4-11(10)12/h2-7,9,16H,8H2,1H3,(H2,14,17). The lowest BCUT2D eigenvalue weighted by Crippen LogP contribution is -2.38. The quantitative estimate of drug-likeness (QED) is 0.827. The number of aromatic nitrogens is 1. The predicted molar refractivity (Wildman–Crippen MR) is 67.2 cm³/mol. The van der Waals surface area contributed by atoms with Crippen LogP contribution in [-0.2, 0) is 11.3 Å². The van der Waals surface area contributed by atoms with Crippen molar-refractivity contribution in [2.24, 2.45) is 5.73 Å². The third-order valence-electron chi connectivity index (χ3n) is 2.76. The molecule has 0 saturated heterocycles. The molecule has 0 spiro atoms. The molecule has 1 atom stereocenters. The second-order valence-corrected chi connectivity index (χ2v) is 3.99. The van der Waals surface area contributed by atoms with Crippen molar-refractivity contribution in [3.63, 3.8) is 0 Å². The van der Waals surface area contributed by atoms with Gasteiger partial charge in [-0.25, -0.2) is 0 Å². The van der Waals surface area contributed by atoms with Gasteiger partial charge in [0.1, 0.15) is 0 Å². The van der Waals surface area contributed by atoms with E-state index in [9.17, 15) is 4.79 Å². The molecule has 88 valence electrons. The first-order valence-corrected chi connectivity index (χ1v) is 5.54. The number of nitrogens with two attached hydrogens (primary N) is 1. The Bertz CT molecular complexity index is 534. The number of carbonyl (C=O) groups excluding carboxylic acids is 1. The van der Waals surface area contributed by atoms with Crippen LogP contribution in [0.4, 0.5) is 0 Å². The molecule has 1 aromatic carbocycles. The van der Waals surface area contributed by atoms with Crippen molar-refractivity contribution in [1.82, 2.24) is 10.3 Å². The van der Waals surface area contributed by atoms with Gasteiger partial charge in [0.15, 0.2) is 0 Å². The first-order chi connectivity index (χ1) is 8.18. The first kappa shape index (κ1) is 11.5. The average molecular weight is 229 g/mol. The molecule has 0 radical (unpaired) electrons. The number of hydrogen-bond donors (Lipinski definition) is 2. The molecule has 0 aliphatic heterocycles. The van der Waals surface area contributed by atoms with Crippen LogP contribution in [0.5, 0.6) is 0 Å². The lowest BCUT2D eigenvalue weighted by atomic mass is 10.1. The molecule has 2 aromatic rings. The highest BCUT2D eigenvalue weighted by Crippen LogP contribution is 2.15. The number of nitrogens with one attached hydrogen (secondary N) is 1. The number of benzene rings is 1. The van der Waals surface area contributed by atoms with Crippen LogP contribution in [0.2, 0.25) is 0 Å². The van der Waals surface area contributed by atoms with Crippen molar-refractivity contribution in [1.29, 1.82) is 0 Å². The van der Waals surface area contributed by atoms with E-state index in [2.05, 4.69) is 10.3 Å². The topological polar surface area (TPSA) is 68.0 Å². The maximum atomic E-state index is 10.9. The summed E-state index contributed by atoms with van der Waals surface area (Å²) < 4.78 is 0. The van der Waals surface area contributed by atoms with Gasteiger partial charge in [-0.1, -0.05) is 18.2 Å². The van der Waals surface area contributed by atoms with E-state index in [-0.39, 0.29) is 11.9 Å². The molecule has 1 unspecified atom stereocenters. The van der Waals surface area contributed by atoms with E-state index in [0.29, 0.717) is 6.54 Å². The Kier molecular flexibility index (Phi) is 3.35. The molecule has 3 N–H and O–H groups in total. The number of nitrogens with zero attached hydrogens (tertiary/aromatic N) is 1. The van der Waals surface area contributed by atoms with Crippen molar-refractivity contribution in [2.45, 2.75) is 19.5 Å². The summed E-state index contributed by atoms with van der Waals surface area (Å²) in [6, 6.07) is 9.54. The van der Waals surface area contributed by atoms with E-state index >= 15 is 0 Å². The fourth-order valence-corrected chi connectivity index (χ4v) is 1.67. The summed E-state index contributed by atoms with van der Waals surface area (Å²) in [4.78, 5) is 15.2. The van der Waals surface area contributed by atoms with Gasteiger partial charge in [-0.05, 0) is 24.6 Å². The third-order valence-corrected chi connectivity index (χ3v) is 2.76. The molecule has 1 aromatic heterocycles. The van der Waals surface area contributed by atoms with Crippen LogP contribution in [0.15, 0.2) is 36.5 Å². The Labute approximate surface area is 99.8 Å². The maximum Gasteiger partial charge on any atom is 0.234 e. The van der Waals surface area contributed by atoms with Gasteiger partial charge < -0.3 is 11.1 Å². The van der Waals surface area contributed by atoms with Crippen LogP contribution in [0, 0.1) is 0 Å². The zero-order chi connectivity index (χ0) is 12.3. The maximum absolute atomic E-state index is 10.9. The van der Waals surface area contributed by atoms with Gasteiger partial charge in [0.05, 0.1) is 11.6 Å². The second kappa shape index (κ2) is 4.93. The lowest BCUT2D eigenvalue weighted by Gasteiger charge is -2.11. The summed E-state index contributed by atoms with van der Waals surface area (Å²) in [6.45, 7) is 2.36. The van der Waals surface area contributed by atoms with Crippen molar-refractivity contribution in [3.8, 4) is 0 Å². The van der Waals surface area contributed by atoms with E-state index < -0.39 is 0 Å². The molecule has 17 heavy (non-hydrogen) atoms. The molecule has 2 rings (SSSR count). The zero-order valence-electron chi connectivity index (χ0n) is 9.68. The van der Waals surface area contributed by atoms with E-state index in [1.54, 1.807) is 13.1 Å². The van der Waals surface area contributed by atoms with E-state index in [4.69, 9.17) is 5.73 Å². The number of para-hydroxylation sites is 1. The van der Waals surface area contributed by atoms with Crippen LogP contribution < -0.4 is 11.1 Å². The second-order valence-electron chi connectivity index (χ2n) is 3.99. The fourth-order valence-electron chi connectivity index (χ4n) is 1.67. The van der Waals surface area contributed by atoms with Gasteiger partial charge in [-0.3, -0.25) is 9.78 Å². The van der Waals surface area contributed by atoms with Crippen molar-refractivity contribution < 1.29 is 4.79 Å². The van der Waals surface area contributed by atoms with Crippen molar-refractivity contribution in [3.05, 3.63) is 42.1 Å². The minimum Gasteiger partial charge on any atom is -0.368 e. The van der Waals surface area contributed by atoms with Gasteiger partial charge in [0.2, 0.25) is 5.91 Å². The Morgan fingerprint density at radius 1 is 1.41 bits per heavy atom. The SMILES string of the molecule is CC(NCc1ccnc2ccccc12)C(N)=O. The number of carbonyl (C=O) groups is 1. The van der Waals surface area contributed by atoms with Crippen molar-refractivity contribution >= 4 is 16.8 Å². The summed E-state index contributed by atoms with van der Waals surface area (Å²) in [5.41, 5.74) is 7.27. The molecular weight excluding hydrogens is 214 g/mol. The minimum absolute atomic E-state index is 0.332. The van der Waals surface area contributed by atoms with Crippen LogP contribution >= 0.6 is 0 Å². The first-order valence-electron chi connectivity index (χ1n) is 5.54. The highest BCUT2D eigenvalue weighted by atomic mass is 16.1. The molecule has 4 nitrogen and oxygen atoms in total. The number of hydrogen-bond acceptors (Lipinski definition) is 3. The summed E-state index contributed by atoms with van der Waals surface area (Å²) >= 11 is 0. The molecule has 1 heterocycles. The largest absolute Gasteiger partial charge is 0.368 e. The third kappa shape index (κ3) is 2.60. The summed E-state index contributed by atoms with van der Waals surface area (Å²) in [5.74, 6) is -0.344. The number of pyridine rings is 1. The molecule has 0 fully saturated rings. The molecule has 0 aliphatic rings. The Hall–Kier alpha value is -1.94. The monoisotopic (exact) mass is 229 g/mol. The Morgan fingerprint density at radius 3 is 2.94 bits per heavy atom. The minimum atomic E-state index is -0.344. The molecule has 0 aliphatic carbocycles. The summed E-state index contributed by atoms with van der Waals surface area (Å²) in [6.07, 6.45) is 1.77. The average Bonchev–Trinajstić information content (AvgIpc) is 2.35. The van der Waals surface area contributed by atoms with Crippen LogP contribution in [0.25, 0.3) is 10.9 Å². The predicted octanol–water partition coefficient (Wildman–Crippen LogP) is 1.20. The number of primary amides is 1. The molecule has 1 amide bonds. The van der Waals surface area contributed by atoms with Crippen molar-refractivity contribution in [2.75, 3.05) is 0 Å². The van der Waals surface area contributed by atoms with E-state index in [1.807, 2.05) is 30.3 Å². The highest BCUT2D eigenvalue weighted by Gasteiger charge is 2.08. The molecule has 0 saturated carbocycles. The fraction of sp³-hybridized carbons (Fsp3) is 0.231. The van der Waals surface area contributed by atoms with E-state index in [0.717, 1.165) is 16.5 Å². The molecule has 0 bridgehead atoms. The van der Waals surface area contributed by atoms with Gasteiger partial charge in [0, 0.05) is 18.1 Å². The smallest absolute Gasteiger partial charge is 0.234 e. The number of amides is 1. The summed E-state index contributed by atoms with van der Waals surface area (Å²) in [7, 11) is 0. The Morgan fingerprint density at radius 2 is 2.18 bits per heavy atom. The zero-order valence-corrected chi connectivity index (χ0v) is 9.68. The van der Waals surface area contributed by atoms with Gasteiger partial charge >= 0.3 is 0 Å². The summed E-state index contributed by atoms with van der Waals surface area (Å²) in [5, 5.41) is 4.18.